The van der Waals surface area contributed by atoms with Crippen molar-refractivity contribution in [3.05, 3.63) is 40.3 Å². The predicted octanol–water partition coefficient (Wildman–Crippen LogP) is 0.759. The molecule has 0 aromatic carbocycles. The van der Waals surface area contributed by atoms with E-state index in [4.69, 9.17) is 0 Å². The van der Waals surface area contributed by atoms with Gasteiger partial charge >= 0.3 is 0 Å². The van der Waals surface area contributed by atoms with Crippen LogP contribution in [-0.4, -0.2) is 44.6 Å². The van der Waals surface area contributed by atoms with E-state index in [-0.39, 0.29) is 17.5 Å². The summed E-state index contributed by atoms with van der Waals surface area (Å²) in [7, 11) is 0. The normalized spacial score (nSPS) is 15.4. The molecule has 0 spiro atoms. The molecule has 134 valence electrons. The first-order valence-corrected chi connectivity index (χ1v) is 8.60. The van der Waals surface area contributed by atoms with Gasteiger partial charge in [0.2, 0.25) is 11.9 Å². The third kappa shape index (κ3) is 4.26. The van der Waals surface area contributed by atoms with Crippen molar-refractivity contribution in [1.29, 1.82) is 0 Å². The minimum Gasteiger partial charge on any atom is -0.353 e. The van der Waals surface area contributed by atoms with Crippen molar-refractivity contribution < 1.29 is 4.79 Å². The number of anilines is 1. The molecule has 2 N–H and O–H groups in total. The van der Waals surface area contributed by atoms with Crippen molar-refractivity contribution in [3.8, 4) is 0 Å². The van der Waals surface area contributed by atoms with E-state index < -0.39 is 0 Å². The van der Waals surface area contributed by atoms with Crippen LogP contribution in [0.1, 0.15) is 30.5 Å². The van der Waals surface area contributed by atoms with E-state index in [1.165, 1.54) is 0 Å². The Hall–Kier alpha value is -2.64. The molecule has 0 bridgehead atoms. The molecule has 8 heteroatoms. The summed E-state index contributed by atoms with van der Waals surface area (Å²) >= 11 is 0. The van der Waals surface area contributed by atoms with E-state index in [0.717, 1.165) is 31.6 Å². The van der Waals surface area contributed by atoms with Crippen LogP contribution in [0.25, 0.3) is 0 Å². The molecule has 0 unspecified atom stereocenters. The van der Waals surface area contributed by atoms with Gasteiger partial charge in [0, 0.05) is 55.7 Å². The van der Waals surface area contributed by atoms with Gasteiger partial charge in [-0.15, -0.1) is 0 Å². The maximum absolute atomic E-state index is 12.1. The molecule has 2 aromatic heterocycles. The summed E-state index contributed by atoms with van der Waals surface area (Å²) < 4.78 is 1.89. The number of amides is 1. The Labute approximate surface area is 146 Å². The standard InChI is InChI=1S/C17H24N6O2/c1-12-13(2)19-17(21-16(12)25)23-8-3-14(4-9-23)20-15(24)5-7-22-10-6-18-11-22/h6,10-11,14H,3-5,7-9H2,1-2H3,(H,20,24)(H,19,21,25). The number of carbonyl (C=O) groups excluding carboxylic acids is 1. The first-order chi connectivity index (χ1) is 12.0. The number of nitrogens with zero attached hydrogens (tertiary/aromatic N) is 4. The second-order valence-electron chi connectivity index (χ2n) is 6.48. The number of H-pyrrole nitrogens is 1. The molecule has 0 aliphatic carbocycles. The fourth-order valence-corrected chi connectivity index (χ4v) is 2.97. The van der Waals surface area contributed by atoms with E-state index in [9.17, 15) is 9.59 Å². The van der Waals surface area contributed by atoms with Crippen molar-refractivity contribution in [2.45, 2.75) is 45.7 Å². The van der Waals surface area contributed by atoms with Crippen LogP contribution in [0.15, 0.2) is 23.5 Å². The number of imidazole rings is 1. The molecule has 1 amide bonds. The lowest BCUT2D eigenvalue weighted by Crippen LogP contribution is -2.45. The minimum atomic E-state index is -0.0857. The Kier molecular flexibility index (Phi) is 5.16. The van der Waals surface area contributed by atoms with Crippen LogP contribution in [0.3, 0.4) is 0 Å². The summed E-state index contributed by atoms with van der Waals surface area (Å²) in [5.74, 6) is 0.683. The molecule has 25 heavy (non-hydrogen) atoms. The molecule has 1 aliphatic rings. The molecule has 3 heterocycles. The third-order valence-corrected chi connectivity index (χ3v) is 4.70. The quantitative estimate of drug-likeness (QED) is 0.835. The number of carbonyl (C=O) groups is 1. The zero-order valence-electron chi connectivity index (χ0n) is 14.7. The second kappa shape index (κ2) is 7.50. The maximum atomic E-state index is 12.1. The number of piperidine rings is 1. The molecule has 0 saturated carbocycles. The number of aryl methyl sites for hydroxylation is 2. The Morgan fingerprint density at radius 2 is 2.12 bits per heavy atom. The van der Waals surface area contributed by atoms with Crippen molar-refractivity contribution in [2.24, 2.45) is 0 Å². The lowest BCUT2D eigenvalue weighted by Gasteiger charge is -2.32. The number of rotatable bonds is 5. The number of nitrogens with one attached hydrogen (secondary N) is 2. The molecule has 0 atom stereocenters. The predicted molar refractivity (Wildman–Crippen MR) is 94.6 cm³/mol. The molecule has 3 rings (SSSR count). The fraction of sp³-hybridized carbons (Fsp3) is 0.529. The first kappa shape index (κ1) is 17.2. The van der Waals surface area contributed by atoms with Crippen molar-refractivity contribution in [1.82, 2.24) is 24.8 Å². The largest absolute Gasteiger partial charge is 0.353 e. The lowest BCUT2D eigenvalue weighted by molar-refractivity contribution is -0.122. The van der Waals surface area contributed by atoms with E-state index >= 15 is 0 Å². The number of aromatic nitrogens is 4. The van der Waals surface area contributed by atoms with Crippen molar-refractivity contribution in [3.63, 3.8) is 0 Å². The summed E-state index contributed by atoms with van der Waals surface area (Å²) in [5.41, 5.74) is 1.33. The van der Waals surface area contributed by atoms with Crippen LogP contribution < -0.4 is 15.8 Å². The summed E-state index contributed by atoms with van der Waals surface area (Å²) in [4.78, 5) is 37.3. The average Bonchev–Trinajstić information content (AvgIpc) is 3.12. The summed E-state index contributed by atoms with van der Waals surface area (Å²) in [6, 6.07) is 0.171. The molecule has 1 saturated heterocycles. The van der Waals surface area contributed by atoms with Gasteiger partial charge in [-0.1, -0.05) is 0 Å². The zero-order valence-corrected chi connectivity index (χ0v) is 14.7. The topological polar surface area (TPSA) is 95.9 Å². The lowest BCUT2D eigenvalue weighted by atomic mass is 10.1. The Bertz CT molecular complexity index is 775. The SMILES string of the molecule is Cc1nc(N2CCC(NC(=O)CCn3ccnc3)CC2)[nH]c(=O)c1C. The highest BCUT2D eigenvalue weighted by molar-refractivity contribution is 5.76. The molecule has 1 aliphatic heterocycles. The van der Waals surface area contributed by atoms with Crippen LogP contribution in [0.2, 0.25) is 0 Å². The highest BCUT2D eigenvalue weighted by atomic mass is 16.1. The molecule has 1 fully saturated rings. The highest BCUT2D eigenvalue weighted by Crippen LogP contribution is 2.16. The zero-order chi connectivity index (χ0) is 17.8. The van der Waals surface area contributed by atoms with E-state index in [1.807, 2.05) is 17.7 Å². The van der Waals surface area contributed by atoms with E-state index in [0.29, 0.717) is 24.5 Å². The molecule has 0 radical (unpaired) electrons. The van der Waals surface area contributed by atoms with Gasteiger partial charge < -0.3 is 14.8 Å². The van der Waals surface area contributed by atoms with Gasteiger partial charge in [0.05, 0.1) is 6.33 Å². The smallest absolute Gasteiger partial charge is 0.255 e. The average molecular weight is 344 g/mol. The van der Waals surface area contributed by atoms with Gasteiger partial charge in [0.15, 0.2) is 0 Å². The van der Waals surface area contributed by atoms with Gasteiger partial charge in [-0.25, -0.2) is 9.97 Å². The Morgan fingerprint density at radius 3 is 2.76 bits per heavy atom. The molecular formula is C17H24N6O2. The van der Waals surface area contributed by atoms with Gasteiger partial charge in [0.1, 0.15) is 0 Å². The van der Waals surface area contributed by atoms with Crippen molar-refractivity contribution in [2.75, 3.05) is 18.0 Å². The van der Waals surface area contributed by atoms with Crippen LogP contribution in [0.5, 0.6) is 0 Å². The summed E-state index contributed by atoms with van der Waals surface area (Å²) in [5, 5.41) is 3.09. The highest BCUT2D eigenvalue weighted by Gasteiger charge is 2.22. The van der Waals surface area contributed by atoms with Gasteiger partial charge in [-0.05, 0) is 26.7 Å². The fourth-order valence-electron chi connectivity index (χ4n) is 2.97. The Morgan fingerprint density at radius 1 is 1.36 bits per heavy atom. The summed E-state index contributed by atoms with van der Waals surface area (Å²) in [6.45, 7) is 5.78. The second-order valence-corrected chi connectivity index (χ2v) is 6.48. The van der Waals surface area contributed by atoms with Gasteiger partial charge in [-0.3, -0.25) is 14.6 Å². The van der Waals surface area contributed by atoms with Crippen LogP contribution >= 0.6 is 0 Å². The van der Waals surface area contributed by atoms with Crippen LogP contribution in [0, 0.1) is 13.8 Å². The monoisotopic (exact) mass is 344 g/mol. The van der Waals surface area contributed by atoms with Crippen LogP contribution in [-0.2, 0) is 11.3 Å². The first-order valence-electron chi connectivity index (χ1n) is 8.60. The van der Waals surface area contributed by atoms with E-state index in [1.54, 1.807) is 19.4 Å². The van der Waals surface area contributed by atoms with Crippen LogP contribution in [0.4, 0.5) is 5.95 Å². The third-order valence-electron chi connectivity index (χ3n) is 4.70. The summed E-state index contributed by atoms with van der Waals surface area (Å²) in [6.07, 6.45) is 7.40. The number of hydrogen-bond acceptors (Lipinski definition) is 5. The molecule has 8 nitrogen and oxygen atoms in total. The van der Waals surface area contributed by atoms with Gasteiger partial charge in [-0.2, -0.15) is 0 Å². The number of aromatic amines is 1. The Balaban J connectivity index is 1.48. The molecular weight excluding hydrogens is 320 g/mol. The maximum Gasteiger partial charge on any atom is 0.255 e. The van der Waals surface area contributed by atoms with E-state index in [2.05, 4.69) is 25.2 Å². The van der Waals surface area contributed by atoms with Crippen molar-refractivity contribution >= 4 is 11.9 Å². The van der Waals surface area contributed by atoms with Gasteiger partial charge in [0.25, 0.3) is 5.56 Å². The number of hydrogen-bond donors (Lipinski definition) is 2. The molecule has 2 aromatic rings. The minimum absolute atomic E-state index is 0.0601.